The van der Waals surface area contributed by atoms with Crippen LogP contribution in [0.1, 0.15) is 28.9 Å². The molecule has 2 fully saturated rings. The van der Waals surface area contributed by atoms with Crippen LogP contribution in [-0.2, 0) is 14.4 Å². The first-order chi connectivity index (χ1) is 18.1. The Morgan fingerprint density at radius 2 is 1.66 bits per heavy atom. The number of anilines is 1. The normalized spacial score (nSPS) is 24.4. The van der Waals surface area contributed by atoms with Crippen molar-refractivity contribution in [2.75, 3.05) is 4.90 Å². The van der Waals surface area contributed by atoms with Gasteiger partial charge < -0.3 is 10.0 Å². The van der Waals surface area contributed by atoms with E-state index in [0.29, 0.717) is 0 Å². The molecule has 1 N–H and O–H groups in total. The highest BCUT2D eigenvalue weighted by Gasteiger charge is 2.71. The minimum atomic E-state index is -2.25. The van der Waals surface area contributed by atoms with Gasteiger partial charge in [-0.1, -0.05) is 36.4 Å². The summed E-state index contributed by atoms with van der Waals surface area (Å²) in [6, 6.07) is 16.3. The van der Waals surface area contributed by atoms with E-state index < -0.39 is 57.8 Å². The summed E-state index contributed by atoms with van der Waals surface area (Å²) in [6.45, 7) is 1.17. The van der Waals surface area contributed by atoms with E-state index in [2.05, 4.69) is 0 Å². The molecule has 11 heteroatoms. The van der Waals surface area contributed by atoms with E-state index in [1.54, 1.807) is 18.2 Å². The molecule has 0 saturated carbocycles. The number of carbonyl (C=O) groups excluding carboxylic acids is 3. The second-order valence-corrected chi connectivity index (χ2v) is 9.29. The fourth-order valence-electron chi connectivity index (χ4n) is 5.54. The number of para-hydroxylation sites is 1. The van der Waals surface area contributed by atoms with Crippen LogP contribution in [-0.4, -0.2) is 44.2 Å². The van der Waals surface area contributed by atoms with Crippen molar-refractivity contribution in [2.24, 2.45) is 11.8 Å². The molecule has 38 heavy (non-hydrogen) atoms. The Labute approximate surface area is 215 Å². The van der Waals surface area contributed by atoms with Gasteiger partial charge in [-0.2, -0.15) is 0 Å². The monoisotopic (exact) mass is 517 g/mol. The third-order valence-electron chi connectivity index (χ3n) is 7.24. The number of halogens is 1. The Hall–Kier alpha value is -4.93. The first kappa shape index (κ1) is 24.8. The molecule has 4 unspecified atom stereocenters. The maximum atomic E-state index is 14.0. The summed E-state index contributed by atoms with van der Waals surface area (Å²) in [6.07, 6.45) is 0. The molecule has 0 bridgehead atoms. The lowest BCUT2D eigenvalue weighted by Gasteiger charge is -2.38. The molecule has 0 aromatic heterocycles. The van der Waals surface area contributed by atoms with Crippen LogP contribution in [0.5, 0.6) is 0 Å². The molecule has 5 rings (SSSR count). The third kappa shape index (κ3) is 3.54. The number of imide groups is 1. The molecule has 3 aromatic carbocycles. The Kier molecular flexibility index (Phi) is 5.78. The zero-order valence-corrected chi connectivity index (χ0v) is 19.9. The van der Waals surface area contributed by atoms with Crippen molar-refractivity contribution >= 4 is 35.1 Å². The second kappa shape index (κ2) is 8.87. The van der Waals surface area contributed by atoms with Crippen molar-refractivity contribution in [2.45, 2.75) is 18.5 Å². The number of benzene rings is 3. The number of nitro benzene ring substituents is 1. The lowest BCUT2D eigenvalue weighted by atomic mass is 9.80. The molecule has 3 aromatic rings. The van der Waals surface area contributed by atoms with Crippen LogP contribution in [0.4, 0.5) is 15.8 Å². The molecule has 2 heterocycles. The summed E-state index contributed by atoms with van der Waals surface area (Å²) < 4.78 is 14.0. The number of rotatable bonds is 5. The van der Waals surface area contributed by atoms with E-state index in [1.165, 1.54) is 49.4 Å². The van der Waals surface area contributed by atoms with E-state index in [4.69, 9.17) is 0 Å². The number of non-ortho nitro benzene ring substituents is 1. The smallest absolute Gasteiger partial charge is 0.330 e. The molecule has 0 aliphatic carbocycles. The first-order valence-electron chi connectivity index (χ1n) is 11.6. The topological polar surface area (TPSA) is 138 Å². The largest absolute Gasteiger partial charge is 0.479 e. The molecule has 0 spiro atoms. The van der Waals surface area contributed by atoms with E-state index in [0.717, 1.165) is 28.0 Å². The maximum Gasteiger partial charge on any atom is 0.330 e. The number of carboxylic acids is 1. The summed E-state index contributed by atoms with van der Waals surface area (Å²) >= 11 is 0. The lowest BCUT2D eigenvalue weighted by molar-refractivity contribution is -0.385. The van der Waals surface area contributed by atoms with Crippen molar-refractivity contribution in [3.05, 3.63) is 106 Å². The van der Waals surface area contributed by atoms with Crippen LogP contribution in [0.15, 0.2) is 78.9 Å². The minimum absolute atomic E-state index is 0.0972. The average Bonchev–Trinajstić information content (AvgIpc) is 3.33. The van der Waals surface area contributed by atoms with Crippen molar-refractivity contribution < 1.29 is 33.6 Å². The van der Waals surface area contributed by atoms with Gasteiger partial charge in [0, 0.05) is 17.7 Å². The van der Waals surface area contributed by atoms with Gasteiger partial charge in [0.1, 0.15) is 5.82 Å². The summed E-state index contributed by atoms with van der Waals surface area (Å²) in [7, 11) is 0. The van der Waals surface area contributed by atoms with Crippen molar-refractivity contribution in [1.29, 1.82) is 0 Å². The Bertz CT molecular complexity index is 1510. The van der Waals surface area contributed by atoms with Gasteiger partial charge >= 0.3 is 5.97 Å². The number of carboxylic acid groups (broad SMARTS) is 1. The van der Waals surface area contributed by atoms with E-state index in [1.807, 2.05) is 0 Å². The highest BCUT2D eigenvalue weighted by Crippen LogP contribution is 2.56. The maximum absolute atomic E-state index is 14.0. The van der Waals surface area contributed by atoms with Crippen LogP contribution in [0.2, 0.25) is 0 Å². The molecule has 0 radical (unpaired) electrons. The molecule has 2 saturated heterocycles. The quantitative estimate of drug-likeness (QED) is 0.310. The Morgan fingerprint density at radius 3 is 2.29 bits per heavy atom. The van der Waals surface area contributed by atoms with E-state index in [9.17, 15) is 38.8 Å². The highest BCUT2D eigenvalue weighted by molar-refractivity contribution is 6.24. The Balaban J connectivity index is 1.75. The average molecular weight is 517 g/mol. The number of nitro groups is 1. The van der Waals surface area contributed by atoms with Crippen molar-refractivity contribution in [3.63, 3.8) is 0 Å². The van der Waals surface area contributed by atoms with Crippen LogP contribution in [0, 0.1) is 27.8 Å². The third-order valence-corrected chi connectivity index (χ3v) is 7.24. The molecular formula is C27H20FN3O7. The number of hydrogen-bond donors (Lipinski definition) is 1. The molecule has 4 atom stereocenters. The first-order valence-corrected chi connectivity index (χ1v) is 11.6. The van der Waals surface area contributed by atoms with Gasteiger partial charge in [0.15, 0.2) is 5.54 Å². The van der Waals surface area contributed by atoms with Gasteiger partial charge in [-0.05, 0) is 42.8 Å². The summed E-state index contributed by atoms with van der Waals surface area (Å²) in [5, 5.41) is 22.0. The number of fused-ring (bicyclic) bond motifs is 1. The number of aliphatic carboxylic acids is 1. The number of nitrogens with zero attached hydrogens (tertiary/aromatic N) is 3. The van der Waals surface area contributed by atoms with Crippen LogP contribution in [0.3, 0.4) is 0 Å². The Morgan fingerprint density at radius 1 is 0.974 bits per heavy atom. The molecule has 2 aliphatic heterocycles. The molecular weight excluding hydrogens is 497 g/mol. The van der Waals surface area contributed by atoms with Gasteiger partial charge in [0.25, 0.3) is 11.6 Å². The van der Waals surface area contributed by atoms with Crippen LogP contribution in [0.25, 0.3) is 0 Å². The predicted molar refractivity (Wildman–Crippen MR) is 130 cm³/mol. The highest BCUT2D eigenvalue weighted by atomic mass is 19.1. The zero-order valence-electron chi connectivity index (χ0n) is 19.9. The fraction of sp³-hybridized carbons (Fsp3) is 0.185. The van der Waals surface area contributed by atoms with E-state index in [-0.39, 0.29) is 22.5 Å². The van der Waals surface area contributed by atoms with E-state index >= 15 is 0 Å². The molecule has 10 nitrogen and oxygen atoms in total. The number of amides is 3. The van der Waals surface area contributed by atoms with Gasteiger partial charge in [-0.3, -0.25) is 24.5 Å². The fourth-order valence-corrected chi connectivity index (χ4v) is 5.54. The van der Waals surface area contributed by atoms with Gasteiger partial charge in [0.2, 0.25) is 11.8 Å². The summed E-state index contributed by atoms with van der Waals surface area (Å²) in [5.41, 5.74) is -2.48. The zero-order chi connectivity index (χ0) is 27.4. The van der Waals surface area contributed by atoms with Gasteiger partial charge in [0.05, 0.1) is 28.5 Å². The second-order valence-electron chi connectivity index (χ2n) is 9.29. The standard InChI is InChI=1S/C27H20FN3O7/c1-27(26(35)36)21-20(24(33)29(25(21)34)18-10-3-2-4-11-18)22(15-7-6-12-19(14-15)31(37)38)30(27)23(32)16-8-5-9-17(28)13-16/h2-14,20-22H,1H3,(H,35,36). The SMILES string of the molecule is CC1(C(=O)O)C2C(=O)N(c3ccccc3)C(=O)C2C(c2cccc([N+](=O)[O-])c2)N1C(=O)c1cccc(F)c1. The van der Waals surface area contributed by atoms with Crippen LogP contribution < -0.4 is 4.90 Å². The van der Waals surface area contributed by atoms with Gasteiger partial charge in [-0.15, -0.1) is 0 Å². The minimum Gasteiger partial charge on any atom is -0.479 e. The summed E-state index contributed by atoms with van der Waals surface area (Å²) in [4.78, 5) is 67.0. The molecule has 3 amide bonds. The number of likely N-dealkylation sites (tertiary alicyclic amines) is 1. The van der Waals surface area contributed by atoms with Gasteiger partial charge in [-0.25, -0.2) is 14.1 Å². The van der Waals surface area contributed by atoms with Crippen LogP contribution >= 0.6 is 0 Å². The van der Waals surface area contributed by atoms with Crippen molar-refractivity contribution in [1.82, 2.24) is 4.90 Å². The molecule has 192 valence electrons. The summed E-state index contributed by atoms with van der Waals surface area (Å²) in [5.74, 6) is -7.70. The van der Waals surface area contributed by atoms with Crippen molar-refractivity contribution in [3.8, 4) is 0 Å². The molecule has 2 aliphatic rings. The lowest BCUT2D eigenvalue weighted by Crippen LogP contribution is -2.57. The number of carbonyl (C=O) groups is 4. The number of hydrogen-bond acceptors (Lipinski definition) is 6. The predicted octanol–water partition coefficient (Wildman–Crippen LogP) is 3.58.